The number of aliphatic carboxylic acids is 2. The molecule has 0 aliphatic carbocycles. The van der Waals surface area contributed by atoms with E-state index in [1.165, 1.54) is 39.4 Å². The molecule has 2 aliphatic rings. The Morgan fingerprint density at radius 2 is 1.89 bits per heavy atom. The van der Waals surface area contributed by atoms with Crippen LogP contribution in [0.4, 0.5) is 0 Å². The molecule has 0 aromatic carbocycles. The van der Waals surface area contributed by atoms with Gasteiger partial charge in [-0.25, -0.2) is 0 Å². The molecule has 0 bridgehead atoms. The minimum Gasteiger partial charge on any atom is -0.549 e. The first-order valence-electron chi connectivity index (χ1n) is 7.39. The Bertz CT molecular complexity index is 757. The van der Waals surface area contributed by atoms with Crippen LogP contribution < -0.4 is 74.6 Å². The van der Waals surface area contributed by atoms with E-state index in [1.807, 2.05) is 0 Å². The second-order valence-electron chi connectivity index (χ2n) is 6.37. The maximum Gasteiger partial charge on any atom is 1.00 e. The fourth-order valence-corrected chi connectivity index (χ4v) is 5.50. The molecule has 3 heterocycles. The maximum absolute atomic E-state index is 12.4. The average molecular weight is 428 g/mol. The molecule has 2 amide bonds. The molecular weight excluding hydrogens is 414 g/mol. The SMILES string of the molecule is CC1(C)SC2C(NC(=O)C(C(=O)[O-])c3ccsc3)C(=O)N2C1C(=O)[O-].[Na+].[Na+]. The quantitative estimate of drug-likeness (QED) is 0.280. The van der Waals surface area contributed by atoms with Gasteiger partial charge in [0.2, 0.25) is 11.8 Å². The second kappa shape index (κ2) is 9.17. The van der Waals surface area contributed by atoms with E-state index < -0.39 is 51.9 Å². The van der Waals surface area contributed by atoms with Gasteiger partial charge in [0.1, 0.15) is 17.3 Å². The third kappa shape index (κ3) is 4.42. The van der Waals surface area contributed by atoms with Gasteiger partial charge in [0.15, 0.2) is 0 Å². The van der Waals surface area contributed by atoms with Gasteiger partial charge < -0.3 is 30.0 Å². The number of hydrogen-bond acceptors (Lipinski definition) is 8. The van der Waals surface area contributed by atoms with Crippen LogP contribution in [0.25, 0.3) is 0 Å². The molecule has 3 rings (SSSR count). The van der Waals surface area contributed by atoms with E-state index in [1.54, 1.807) is 19.2 Å². The number of rotatable bonds is 5. The number of carbonyl (C=O) groups excluding carboxylic acids is 4. The van der Waals surface area contributed by atoms with Crippen molar-refractivity contribution < 1.29 is 88.5 Å². The van der Waals surface area contributed by atoms with Crippen LogP contribution in [0, 0.1) is 0 Å². The number of carboxylic acids is 2. The molecule has 8 nitrogen and oxygen atoms in total. The molecular formula is C15H14N2Na2O6S2. The van der Waals surface area contributed by atoms with E-state index in [0.29, 0.717) is 0 Å². The number of β-lactam (4-membered cyclic amide) rings is 1. The summed E-state index contributed by atoms with van der Waals surface area (Å²) >= 11 is 2.47. The first-order chi connectivity index (χ1) is 11.6. The molecule has 2 fully saturated rings. The average Bonchev–Trinajstić information content (AvgIpc) is 3.09. The number of carboxylic acid groups (broad SMARTS) is 2. The van der Waals surface area contributed by atoms with Gasteiger partial charge in [-0.15, -0.1) is 11.8 Å². The predicted molar refractivity (Wildman–Crippen MR) is 85.1 cm³/mol. The van der Waals surface area contributed by atoms with Crippen molar-refractivity contribution in [2.45, 2.75) is 42.0 Å². The minimum atomic E-state index is -1.56. The Hall–Kier alpha value is -0.0700. The largest absolute Gasteiger partial charge is 1.00 e. The van der Waals surface area contributed by atoms with Gasteiger partial charge in [0.25, 0.3) is 0 Å². The number of nitrogens with one attached hydrogen (secondary N) is 1. The van der Waals surface area contributed by atoms with Crippen molar-refractivity contribution in [3.8, 4) is 0 Å². The second-order valence-corrected chi connectivity index (χ2v) is 8.92. The van der Waals surface area contributed by atoms with Gasteiger partial charge >= 0.3 is 59.1 Å². The molecule has 4 unspecified atom stereocenters. The molecule has 27 heavy (non-hydrogen) atoms. The van der Waals surface area contributed by atoms with Crippen molar-refractivity contribution in [3.63, 3.8) is 0 Å². The Balaban J connectivity index is 0.00000182. The Labute approximate surface area is 208 Å². The molecule has 1 aromatic heterocycles. The van der Waals surface area contributed by atoms with E-state index in [2.05, 4.69) is 5.32 Å². The van der Waals surface area contributed by atoms with Crippen molar-refractivity contribution in [3.05, 3.63) is 22.4 Å². The molecule has 134 valence electrons. The topological polar surface area (TPSA) is 130 Å². The van der Waals surface area contributed by atoms with E-state index in [0.717, 1.165) is 0 Å². The summed E-state index contributed by atoms with van der Waals surface area (Å²) in [4.78, 5) is 48.5. The van der Waals surface area contributed by atoms with Crippen molar-refractivity contribution >= 4 is 46.9 Å². The molecule has 0 spiro atoms. The molecule has 1 aromatic rings. The zero-order valence-corrected chi connectivity index (χ0v) is 20.9. The van der Waals surface area contributed by atoms with Crippen LogP contribution in [0.3, 0.4) is 0 Å². The van der Waals surface area contributed by atoms with Gasteiger partial charge in [0.05, 0.1) is 18.0 Å². The summed E-state index contributed by atoms with van der Waals surface area (Å²) in [5.74, 6) is -5.86. The number of thiophene rings is 1. The molecule has 12 heteroatoms. The number of fused-ring (bicyclic) bond motifs is 1. The Morgan fingerprint density at radius 3 is 2.37 bits per heavy atom. The molecule has 4 atom stereocenters. The van der Waals surface area contributed by atoms with Crippen molar-refractivity contribution in [2.75, 3.05) is 0 Å². The monoisotopic (exact) mass is 428 g/mol. The minimum absolute atomic E-state index is 0. The van der Waals surface area contributed by atoms with E-state index >= 15 is 0 Å². The van der Waals surface area contributed by atoms with Gasteiger partial charge in [-0.3, -0.25) is 9.59 Å². The standard InChI is InChI=1S/C15H16N2O6S2.2Na/c1-15(2)9(14(22)23)17-11(19)8(12(17)25-15)16-10(18)7(13(20)21)6-3-4-24-5-6;;/h3-5,7-9,12H,1-2H3,(H,16,18)(H,20,21)(H,22,23);;/q;2*+1/p-2. The fraction of sp³-hybridized carbons (Fsp3) is 0.467. The maximum atomic E-state index is 12.4. The van der Waals surface area contributed by atoms with Crippen LogP contribution in [-0.4, -0.2) is 50.9 Å². The normalized spacial score (nSPS) is 25.9. The molecule has 2 saturated heterocycles. The summed E-state index contributed by atoms with van der Waals surface area (Å²) in [7, 11) is 0. The van der Waals surface area contributed by atoms with Gasteiger partial charge in [-0.2, -0.15) is 11.3 Å². The zero-order valence-electron chi connectivity index (χ0n) is 15.3. The van der Waals surface area contributed by atoms with Crippen LogP contribution in [0.1, 0.15) is 25.3 Å². The van der Waals surface area contributed by atoms with Crippen molar-refractivity contribution in [1.82, 2.24) is 10.2 Å². The molecule has 2 aliphatic heterocycles. The van der Waals surface area contributed by atoms with Gasteiger partial charge in [-0.05, 0) is 36.2 Å². The molecule has 0 radical (unpaired) electrons. The number of hydrogen-bond donors (Lipinski definition) is 1. The number of amides is 2. The smallest absolute Gasteiger partial charge is 0.549 e. The summed E-state index contributed by atoms with van der Waals surface area (Å²) in [5.41, 5.74) is 0.276. The van der Waals surface area contributed by atoms with E-state index in [-0.39, 0.29) is 64.7 Å². The van der Waals surface area contributed by atoms with E-state index in [4.69, 9.17) is 0 Å². The van der Waals surface area contributed by atoms with E-state index in [9.17, 15) is 29.4 Å². The van der Waals surface area contributed by atoms with Crippen LogP contribution in [-0.2, 0) is 19.2 Å². The van der Waals surface area contributed by atoms with Gasteiger partial charge in [-0.1, -0.05) is 0 Å². The number of nitrogens with zero attached hydrogens (tertiary/aromatic N) is 1. The van der Waals surface area contributed by atoms with Crippen LogP contribution >= 0.6 is 23.1 Å². The van der Waals surface area contributed by atoms with Crippen LogP contribution in [0.2, 0.25) is 0 Å². The summed E-state index contributed by atoms with van der Waals surface area (Å²) in [5, 5.41) is 27.7. The first kappa shape index (κ1) is 25.0. The van der Waals surface area contributed by atoms with Crippen LogP contribution in [0.5, 0.6) is 0 Å². The van der Waals surface area contributed by atoms with Gasteiger partial charge in [0, 0.05) is 4.75 Å². The summed E-state index contributed by atoms with van der Waals surface area (Å²) in [6.45, 7) is 3.36. The predicted octanol–water partition coefficient (Wildman–Crippen LogP) is -8.11. The summed E-state index contributed by atoms with van der Waals surface area (Å²) in [6.07, 6.45) is 0. The first-order valence-corrected chi connectivity index (χ1v) is 9.21. The molecule has 1 N–H and O–H groups in total. The molecule has 0 saturated carbocycles. The third-order valence-electron chi connectivity index (χ3n) is 4.34. The number of thioether (sulfide) groups is 1. The summed E-state index contributed by atoms with van der Waals surface area (Å²) in [6, 6.07) is -0.572. The van der Waals surface area contributed by atoms with Crippen molar-refractivity contribution in [2.24, 2.45) is 0 Å². The zero-order chi connectivity index (χ0) is 18.5. The van der Waals surface area contributed by atoms with Crippen LogP contribution in [0.15, 0.2) is 16.8 Å². The fourth-order valence-electron chi connectivity index (χ4n) is 3.20. The Morgan fingerprint density at radius 1 is 1.26 bits per heavy atom. The van der Waals surface area contributed by atoms with Crippen molar-refractivity contribution in [1.29, 1.82) is 0 Å². The Kier molecular flexibility index (Phi) is 8.48. The summed E-state index contributed by atoms with van der Waals surface area (Å²) < 4.78 is -0.778. The third-order valence-corrected chi connectivity index (χ3v) is 6.61. The number of carbonyl (C=O) groups is 4.